The number of hydrogen-bond donors (Lipinski definition) is 0. The number of hydrogen-bond acceptors (Lipinski definition) is 4. The van der Waals surface area contributed by atoms with Crippen molar-refractivity contribution < 1.29 is 17.9 Å². The molecule has 0 saturated heterocycles. The zero-order chi connectivity index (χ0) is 19.9. The van der Waals surface area contributed by atoms with E-state index in [2.05, 4.69) is 0 Å². The number of ether oxygens (including phenoxy) is 1. The van der Waals surface area contributed by atoms with Crippen LogP contribution in [0.2, 0.25) is 0 Å². The zero-order valence-corrected chi connectivity index (χ0v) is 16.4. The molecular formula is C21H20N2O4S. The maximum absolute atomic E-state index is 13.0. The monoisotopic (exact) mass is 396 g/mol. The second kappa shape index (κ2) is 6.83. The molecule has 0 aromatic heterocycles. The van der Waals surface area contributed by atoms with Crippen LogP contribution in [0.4, 0.5) is 5.69 Å². The summed E-state index contributed by atoms with van der Waals surface area (Å²) in [7, 11) is -0.492. The first kappa shape index (κ1) is 18.3. The van der Waals surface area contributed by atoms with E-state index in [4.69, 9.17) is 4.74 Å². The van der Waals surface area contributed by atoms with Gasteiger partial charge in [0.25, 0.3) is 10.0 Å². The van der Waals surface area contributed by atoms with Crippen molar-refractivity contribution in [3.63, 3.8) is 0 Å². The van der Waals surface area contributed by atoms with Crippen LogP contribution in [0.3, 0.4) is 0 Å². The summed E-state index contributed by atoms with van der Waals surface area (Å²) in [5.41, 5.74) is 1.46. The maximum atomic E-state index is 13.0. The Morgan fingerprint density at radius 1 is 1.07 bits per heavy atom. The molecule has 6 nitrogen and oxygen atoms in total. The van der Waals surface area contributed by atoms with E-state index in [0.717, 1.165) is 10.9 Å². The molecule has 0 radical (unpaired) electrons. The fraction of sp³-hybridized carbons (Fsp3) is 0.190. The summed E-state index contributed by atoms with van der Waals surface area (Å²) in [4.78, 5) is 14.6. The Kier molecular flexibility index (Phi) is 4.47. The summed E-state index contributed by atoms with van der Waals surface area (Å²) in [6.07, 6.45) is 0. The van der Waals surface area contributed by atoms with E-state index in [9.17, 15) is 13.2 Å². The highest BCUT2D eigenvalue weighted by atomic mass is 32.2. The number of sulfonamides is 1. The summed E-state index contributed by atoms with van der Waals surface area (Å²) >= 11 is 0. The van der Waals surface area contributed by atoms with Gasteiger partial charge in [-0.05, 0) is 35.2 Å². The van der Waals surface area contributed by atoms with E-state index < -0.39 is 10.0 Å². The molecule has 0 N–H and O–H groups in total. The van der Waals surface area contributed by atoms with Gasteiger partial charge in [-0.2, -0.15) is 0 Å². The van der Waals surface area contributed by atoms with Crippen LogP contribution in [0.25, 0.3) is 10.8 Å². The molecule has 3 aromatic rings. The SMILES string of the molecule is COc1cccc(CN(C)C(=O)CN2c3cccc4cccc(c34)S2(=O)=O)c1. The standard InChI is InChI=1S/C21H20N2O4S/c1-22(13-15-6-3-9-17(12-15)27-2)20(24)14-23-18-10-4-7-16-8-5-11-19(21(16)18)28(23,25)26/h3-12H,13-14H2,1-2H3. The molecule has 1 aliphatic heterocycles. The van der Waals surface area contributed by atoms with Crippen LogP contribution >= 0.6 is 0 Å². The third-order valence-electron chi connectivity index (χ3n) is 4.94. The van der Waals surface area contributed by atoms with Gasteiger partial charge < -0.3 is 9.64 Å². The summed E-state index contributed by atoms with van der Waals surface area (Å²) in [5.74, 6) is 0.429. The van der Waals surface area contributed by atoms with E-state index in [1.807, 2.05) is 36.4 Å². The highest BCUT2D eigenvalue weighted by Crippen LogP contribution is 2.41. The predicted molar refractivity (Wildman–Crippen MR) is 108 cm³/mol. The van der Waals surface area contributed by atoms with Gasteiger partial charge in [0, 0.05) is 19.0 Å². The average Bonchev–Trinajstić information content (AvgIpc) is 2.91. The van der Waals surface area contributed by atoms with Crippen molar-refractivity contribution in [3.8, 4) is 5.75 Å². The molecule has 0 unspecified atom stereocenters. The molecule has 144 valence electrons. The number of methoxy groups -OCH3 is 1. The molecule has 0 saturated carbocycles. The van der Waals surface area contributed by atoms with E-state index in [1.54, 1.807) is 38.4 Å². The minimum absolute atomic E-state index is 0.239. The summed E-state index contributed by atoms with van der Waals surface area (Å²) in [6, 6.07) is 18.0. The van der Waals surface area contributed by atoms with Gasteiger partial charge >= 0.3 is 0 Å². The average molecular weight is 396 g/mol. The lowest BCUT2D eigenvalue weighted by Crippen LogP contribution is -2.39. The molecule has 0 atom stereocenters. The molecule has 3 aromatic carbocycles. The molecule has 1 aliphatic rings. The second-order valence-corrected chi connectivity index (χ2v) is 8.58. The molecule has 28 heavy (non-hydrogen) atoms. The van der Waals surface area contributed by atoms with Gasteiger partial charge in [0.05, 0.1) is 17.7 Å². The number of anilines is 1. The smallest absolute Gasteiger partial charge is 0.265 e. The first-order valence-electron chi connectivity index (χ1n) is 8.83. The molecule has 1 heterocycles. The quantitative estimate of drug-likeness (QED) is 0.665. The Bertz CT molecular complexity index is 1170. The summed E-state index contributed by atoms with van der Waals surface area (Å²) < 4.78 is 32.4. The Hall–Kier alpha value is -3.06. The zero-order valence-electron chi connectivity index (χ0n) is 15.6. The molecule has 1 amide bonds. The predicted octanol–water partition coefficient (Wildman–Crippen LogP) is 3.02. The van der Waals surface area contributed by atoms with Crippen LogP contribution in [0.15, 0.2) is 65.6 Å². The van der Waals surface area contributed by atoms with Crippen molar-refractivity contribution in [2.45, 2.75) is 11.4 Å². The van der Waals surface area contributed by atoms with Crippen LogP contribution in [0.5, 0.6) is 5.75 Å². The Morgan fingerprint density at radius 2 is 1.79 bits per heavy atom. The molecule has 0 aliphatic carbocycles. The summed E-state index contributed by atoms with van der Waals surface area (Å²) in [6.45, 7) is 0.123. The van der Waals surface area contributed by atoms with Crippen LogP contribution in [0.1, 0.15) is 5.56 Å². The first-order chi connectivity index (χ1) is 13.4. The number of amides is 1. The van der Waals surface area contributed by atoms with E-state index in [-0.39, 0.29) is 17.3 Å². The number of carbonyl (C=O) groups excluding carboxylic acids is 1. The number of rotatable bonds is 5. The van der Waals surface area contributed by atoms with Crippen LogP contribution in [-0.4, -0.2) is 39.9 Å². The van der Waals surface area contributed by atoms with E-state index >= 15 is 0 Å². The van der Waals surface area contributed by atoms with Crippen molar-refractivity contribution >= 4 is 32.4 Å². The van der Waals surface area contributed by atoms with Crippen LogP contribution in [-0.2, 0) is 21.4 Å². The van der Waals surface area contributed by atoms with Crippen molar-refractivity contribution in [3.05, 3.63) is 66.2 Å². The van der Waals surface area contributed by atoms with Gasteiger partial charge in [0.1, 0.15) is 12.3 Å². The minimum atomic E-state index is -3.74. The number of carbonyl (C=O) groups is 1. The third kappa shape index (κ3) is 2.97. The molecule has 0 fully saturated rings. The lowest BCUT2D eigenvalue weighted by Gasteiger charge is -2.23. The van der Waals surface area contributed by atoms with E-state index in [1.165, 1.54) is 9.21 Å². The fourth-order valence-corrected chi connectivity index (χ4v) is 5.16. The normalized spacial score (nSPS) is 14.3. The molecule has 7 heteroatoms. The second-order valence-electron chi connectivity index (χ2n) is 6.74. The van der Waals surface area contributed by atoms with Gasteiger partial charge in [-0.15, -0.1) is 0 Å². The van der Waals surface area contributed by atoms with Gasteiger partial charge in [-0.25, -0.2) is 8.42 Å². The molecule has 0 spiro atoms. The van der Waals surface area contributed by atoms with Gasteiger partial charge in [-0.3, -0.25) is 9.10 Å². The minimum Gasteiger partial charge on any atom is -0.497 e. The van der Waals surface area contributed by atoms with Crippen molar-refractivity contribution in [2.24, 2.45) is 0 Å². The lowest BCUT2D eigenvalue weighted by atomic mass is 10.1. The van der Waals surface area contributed by atoms with Crippen LogP contribution < -0.4 is 9.04 Å². The largest absolute Gasteiger partial charge is 0.497 e. The fourth-order valence-electron chi connectivity index (χ4n) is 3.50. The van der Waals surface area contributed by atoms with Crippen LogP contribution in [0, 0.1) is 0 Å². The van der Waals surface area contributed by atoms with Gasteiger partial charge in [0.2, 0.25) is 5.91 Å². The Labute approximate surface area is 164 Å². The molecule has 4 rings (SSSR count). The van der Waals surface area contributed by atoms with Crippen molar-refractivity contribution in [1.82, 2.24) is 4.90 Å². The first-order valence-corrected chi connectivity index (χ1v) is 10.3. The van der Waals surface area contributed by atoms with Gasteiger partial charge in [0.15, 0.2) is 0 Å². The van der Waals surface area contributed by atoms with Crippen molar-refractivity contribution in [1.29, 1.82) is 0 Å². The number of benzene rings is 3. The summed E-state index contributed by atoms with van der Waals surface area (Å²) in [5, 5.41) is 1.52. The third-order valence-corrected chi connectivity index (χ3v) is 6.74. The number of likely N-dealkylation sites (N-methyl/N-ethyl adjacent to an activating group) is 1. The molecule has 0 bridgehead atoms. The van der Waals surface area contributed by atoms with E-state index in [0.29, 0.717) is 23.4 Å². The Balaban J connectivity index is 1.59. The highest BCUT2D eigenvalue weighted by molar-refractivity contribution is 7.93. The lowest BCUT2D eigenvalue weighted by molar-refractivity contribution is -0.128. The molecular weight excluding hydrogens is 376 g/mol. The van der Waals surface area contributed by atoms with Gasteiger partial charge in [-0.1, -0.05) is 36.4 Å². The maximum Gasteiger partial charge on any atom is 0.265 e. The number of nitrogens with zero attached hydrogens (tertiary/aromatic N) is 2. The topological polar surface area (TPSA) is 66.9 Å². The Morgan fingerprint density at radius 3 is 2.54 bits per heavy atom. The van der Waals surface area contributed by atoms with Crippen molar-refractivity contribution in [2.75, 3.05) is 25.0 Å². The highest BCUT2D eigenvalue weighted by Gasteiger charge is 2.37.